The Labute approximate surface area is 99.6 Å². The van der Waals surface area contributed by atoms with Gasteiger partial charge in [-0.1, -0.05) is 17.7 Å². The Balaban J connectivity index is 2.34. The van der Waals surface area contributed by atoms with Gasteiger partial charge in [-0.3, -0.25) is 4.79 Å². The summed E-state index contributed by atoms with van der Waals surface area (Å²) in [6, 6.07) is 5.72. The number of carboxylic acids is 1. The number of benzene rings is 1. The Kier molecular flexibility index (Phi) is 3.17. The highest BCUT2D eigenvalue weighted by Crippen LogP contribution is 2.31. The lowest BCUT2D eigenvalue weighted by molar-refractivity contribution is -0.137. The molecule has 1 N–H and O–H groups in total. The Morgan fingerprint density at radius 3 is 3.06 bits per heavy atom. The zero-order valence-corrected chi connectivity index (χ0v) is 9.87. The number of halogens is 1. The summed E-state index contributed by atoms with van der Waals surface area (Å²) >= 11 is 5.94. The molecule has 0 amide bonds. The van der Waals surface area contributed by atoms with Crippen molar-refractivity contribution in [3.63, 3.8) is 0 Å². The summed E-state index contributed by atoms with van der Waals surface area (Å²) in [7, 11) is 2.00. The molecule has 16 heavy (non-hydrogen) atoms. The summed E-state index contributed by atoms with van der Waals surface area (Å²) in [5, 5.41) is 9.60. The second-order valence-electron chi connectivity index (χ2n) is 4.33. The van der Waals surface area contributed by atoms with Crippen LogP contribution in [0.25, 0.3) is 0 Å². The topological polar surface area (TPSA) is 40.5 Å². The highest BCUT2D eigenvalue weighted by atomic mass is 35.5. The van der Waals surface area contributed by atoms with Crippen LogP contribution in [0.1, 0.15) is 23.5 Å². The molecule has 0 saturated heterocycles. The Hall–Kier alpha value is -1.06. The molecular weight excluding hydrogens is 226 g/mol. The fraction of sp³-hybridized carbons (Fsp3) is 0.417. The van der Waals surface area contributed by atoms with Crippen LogP contribution in [-0.4, -0.2) is 29.6 Å². The zero-order chi connectivity index (χ0) is 11.7. The number of hydrogen-bond donors (Lipinski definition) is 1. The Bertz CT molecular complexity index is 419. The molecular formula is C12H14ClNO2. The number of likely N-dealkylation sites (N-methyl/N-ethyl adjacent to an activating group) is 1. The fourth-order valence-electron chi connectivity index (χ4n) is 2.32. The summed E-state index contributed by atoms with van der Waals surface area (Å²) < 4.78 is 0. The number of rotatable bonds is 2. The maximum atomic E-state index is 10.8. The van der Waals surface area contributed by atoms with E-state index in [9.17, 15) is 4.79 Å². The number of hydrogen-bond acceptors (Lipinski definition) is 2. The number of fused-ring (bicyclic) bond motifs is 1. The van der Waals surface area contributed by atoms with Gasteiger partial charge in [-0.2, -0.15) is 0 Å². The summed E-state index contributed by atoms with van der Waals surface area (Å²) in [5.74, 6) is -0.676. The van der Waals surface area contributed by atoms with Crippen molar-refractivity contribution in [3.05, 3.63) is 34.3 Å². The van der Waals surface area contributed by atoms with E-state index >= 15 is 0 Å². The maximum Gasteiger partial charge on any atom is 0.304 e. The average molecular weight is 240 g/mol. The molecule has 1 aromatic carbocycles. The molecule has 86 valence electrons. The molecule has 1 aliphatic rings. The van der Waals surface area contributed by atoms with Gasteiger partial charge in [-0.15, -0.1) is 0 Å². The highest BCUT2D eigenvalue weighted by molar-refractivity contribution is 6.30. The SMILES string of the molecule is CN1Cc2cc(Cl)ccc2C(CC(=O)O)C1. The van der Waals surface area contributed by atoms with Crippen LogP contribution in [0.2, 0.25) is 5.02 Å². The maximum absolute atomic E-state index is 10.8. The van der Waals surface area contributed by atoms with Crippen LogP contribution in [0.5, 0.6) is 0 Å². The van der Waals surface area contributed by atoms with Gasteiger partial charge in [0.25, 0.3) is 0 Å². The molecule has 0 aromatic heterocycles. The summed E-state index contributed by atoms with van der Waals surface area (Å²) in [6.45, 7) is 1.63. The fourth-order valence-corrected chi connectivity index (χ4v) is 2.52. The molecule has 0 saturated carbocycles. The standard InChI is InChI=1S/C12H14ClNO2/c1-14-6-8-4-10(13)2-3-11(8)9(7-14)5-12(15)16/h2-4,9H,5-7H2,1H3,(H,15,16). The van der Waals surface area contributed by atoms with E-state index in [2.05, 4.69) is 4.90 Å². The van der Waals surface area contributed by atoms with Gasteiger partial charge in [-0.05, 0) is 30.3 Å². The van der Waals surface area contributed by atoms with Crippen LogP contribution in [0, 0.1) is 0 Å². The van der Waals surface area contributed by atoms with E-state index in [1.807, 2.05) is 25.2 Å². The molecule has 1 aliphatic heterocycles. The third kappa shape index (κ3) is 2.36. The first-order valence-corrected chi connectivity index (χ1v) is 5.62. The van der Waals surface area contributed by atoms with Gasteiger partial charge in [0.05, 0.1) is 6.42 Å². The molecule has 3 nitrogen and oxygen atoms in total. The molecule has 1 unspecified atom stereocenters. The molecule has 0 spiro atoms. The minimum absolute atomic E-state index is 0.0727. The highest BCUT2D eigenvalue weighted by Gasteiger charge is 2.25. The van der Waals surface area contributed by atoms with E-state index in [0.29, 0.717) is 5.02 Å². The minimum Gasteiger partial charge on any atom is -0.481 e. The molecule has 1 atom stereocenters. The third-order valence-electron chi connectivity index (χ3n) is 2.94. The van der Waals surface area contributed by atoms with Crippen LogP contribution in [0.3, 0.4) is 0 Å². The first kappa shape index (κ1) is 11.4. The predicted octanol–water partition coefficient (Wildman–Crippen LogP) is 2.34. The lowest BCUT2D eigenvalue weighted by Crippen LogP contribution is -2.31. The van der Waals surface area contributed by atoms with Crippen molar-refractivity contribution < 1.29 is 9.90 Å². The number of carboxylic acid groups (broad SMARTS) is 1. The van der Waals surface area contributed by atoms with Crippen molar-refractivity contribution in [1.29, 1.82) is 0 Å². The number of carbonyl (C=O) groups is 1. The number of aliphatic carboxylic acids is 1. The van der Waals surface area contributed by atoms with E-state index in [1.165, 1.54) is 0 Å². The average Bonchev–Trinajstić information content (AvgIpc) is 2.15. The molecule has 1 aromatic rings. The molecule has 2 rings (SSSR count). The van der Waals surface area contributed by atoms with Crippen LogP contribution in [0.4, 0.5) is 0 Å². The van der Waals surface area contributed by atoms with Crippen molar-refractivity contribution >= 4 is 17.6 Å². The Morgan fingerprint density at radius 2 is 2.38 bits per heavy atom. The van der Waals surface area contributed by atoms with Gasteiger partial charge in [0.1, 0.15) is 0 Å². The summed E-state index contributed by atoms with van der Waals surface area (Å²) in [5.41, 5.74) is 2.28. The van der Waals surface area contributed by atoms with E-state index in [0.717, 1.165) is 24.2 Å². The Morgan fingerprint density at radius 1 is 1.62 bits per heavy atom. The zero-order valence-electron chi connectivity index (χ0n) is 9.11. The molecule has 0 radical (unpaired) electrons. The first-order valence-electron chi connectivity index (χ1n) is 5.25. The molecule has 1 heterocycles. The van der Waals surface area contributed by atoms with E-state index < -0.39 is 5.97 Å². The van der Waals surface area contributed by atoms with Crippen LogP contribution >= 0.6 is 11.6 Å². The number of nitrogens with zero attached hydrogens (tertiary/aromatic N) is 1. The third-order valence-corrected chi connectivity index (χ3v) is 3.17. The smallest absolute Gasteiger partial charge is 0.304 e. The van der Waals surface area contributed by atoms with Gasteiger partial charge in [0.15, 0.2) is 0 Å². The van der Waals surface area contributed by atoms with Crippen molar-refractivity contribution in [2.75, 3.05) is 13.6 Å². The van der Waals surface area contributed by atoms with Crippen molar-refractivity contribution in [2.45, 2.75) is 18.9 Å². The van der Waals surface area contributed by atoms with E-state index in [-0.39, 0.29) is 12.3 Å². The minimum atomic E-state index is -0.749. The second-order valence-corrected chi connectivity index (χ2v) is 4.77. The van der Waals surface area contributed by atoms with Gasteiger partial charge < -0.3 is 10.0 Å². The molecule has 0 aliphatic carbocycles. The van der Waals surface area contributed by atoms with Gasteiger partial charge >= 0.3 is 5.97 Å². The molecule has 4 heteroatoms. The van der Waals surface area contributed by atoms with Crippen LogP contribution < -0.4 is 0 Å². The summed E-state index contributed by atoms with van der Waals surface area (Å²) in [6.07, 6.45) is 0.180. The first-order chi connectivity index (χ1) is 7.56. The largest absolute Gasteiger partial charge is 0.481 e. The normalized spacial score (nSPS) is 20.5. The predicted molar refractivity (Wildman–Crippen MR) is 62.8 cm³/mol. The monoisotopic (exact) mass is 239 g/mol. The quantitative estimate of drug-likeness (QED) is 0.861. The van der Waals surface area contributed by atoms with Gasteiger partial charge in [0, 0.05) is 24.0 Å². The van der Waals surface area contributed by atoms with Gasteiger partial charge in [-0.25, -0.2) is 0 Å². The van der Waals surface area contributed by atoms with Crippen molar-refractivity contribution in [2.24, 2.45) is 0 Å². The van der Waals surface area contributed by atoms with E-state index in [1.54, 1.807) is 0 Å². The molecule has 0 fully saturated rings. The van der Waals surface area contributed by atoms with Crippen molar-refractivity contribution in [3.8, 4) is 0 Å². The van der Waals surface area contributed by atoms with Crippen LogP contribution in [0.15, 0.2) is 18.2 Å². The molecule has 0 bridgehead atoms. The van der Waals surface area contributed by atoms with Gasteiger partial charge in [0.2, 0.25) is 0 Å². The summed E-state index contributed by atoms with van der Waals surface area (Å²) in [4.78, 5) is 12.9. The van der Waals surface area contributed by atoms with Crippen molar-refractivity contribution in [1.82, 2.24) is 4.90 Å². The second kappa shape index (κ2) is 4.44. The lowest BCUT2D eigenvalue weighted by atomic mass is 9.88. The van der Waals surface area contributed by atoms with E-state index in [4.69, 9.17) is 16.7 Å². The lowest BCUT2D eigenvalue weighted by Gasteiger charge is -2.31. The van der Waals surface area contributed by atoms with Crippen LogP contribution in [-0.2, 0) is 11.3 Å².